The van der Waals surface area contributed by atoms with Gasteiger partial charge in [-0.3, -0.25) is 0 Å². The highest BCUT2D eigenvalue weighted by Crippen LogP contribution is 2.42. The Kier molecular flexibility index (Phi) is 16.4. The third kappa shape index (κ3) is 12.8. The van der Waals surface area contributed by atoms with Gasteiger partial charge in [0.1, 0.15) is 29.5 Å². The quantitative estimate of drug-likeness (QED) is 0.0799. The molecule has 2 amide bonds. The van der Waals surface area contributed by atoms with Crippen LogP contribution in [-0.2, 0) is 52.2 Å². The Morgan fingerprint density at radius 3 is 1.78 bits per heavy atom. The molecule has 2 aliphatic heterocycles. The highest BCUT2D eigenvalue weighted by molar-refractivity contribution is 7.89. The summed E-state index contributed by atoms with van der Waals surface area (Å²) in [4.78, 5) is 31.1. The van der Waals surface area contributed by atoms with Gasteiger partial charge in [-0.1, -0.05) is 103 Å². The van der Waals surface area contributed by atoms with Crippen molar-refractivity contribution < 1.29 is 41.7 Å². The maximum Gasteiger partial charge on any atom is 0.410 e. The fourth-order valence-electron chi connectivity index (χ4n) is 9.61. The molecular weight excluding hydrogens is 983 g/mol. The van der Waals surface area contributed by atoms with E-state index in [-0.39, 0.29) is 61.0 Å². The number of ether oxygens (including phenoxy) is 5. The lowest BCUT2D eigenvalue weighted by atomic mass is 9.87. The molecule has 2 saturated heterocycles. The van der Waals surface area contributed by atoms with Crippen LogP contribution in [0.4, 0.5) is 9.59 Å². The molecule has 0 bridgehead atoms. The summed E-state index contributed by atoms with van der Waals surface area (Å²) < 4.78 is 61.9. The van der Waals surface area contributed by atoms with Crippen LogP contribution in [0.2, 0.25) is 0 Å². The van der Waals surface area contributed by atoms with Crippen molar-refractivity contribution in [2.24, 2.45) is 5.92 Å². The Balaban J connectivity index is 1.13. The number of sulfonamides is 1. The predicted molar refractivity (Wildman–Crippen MR) is 288 cm³/mol. The zero-order chi connectivity index (χ0) is 53.4. The third-order valence-electron chi connectivity index (χ3n) is 13.8. The number of nitrogens with zero attached hydrogens (tertiary/aromatic N) is 7. The first-order chi connectivity index (χ1) is 36.7. The average Bonchev–Trinajstić information content (AvgIpc) is 3.90. The summed E-state index contributed by atoms with van der Waals surface area (Å²) in [7, 11) is 0.324. The van der Waals surface area contributed by atoms with Crippen molar-refractivity contribution in [1.82, 2.24) is 34.3 Å². The second kappa shape index (κ2) is 23.4. The van der Waals surface area contributed by atoms with Crippen molar-refractivity contribution in [2.75, 3.05) is 47.5 Å². The van der Waals surface area contributed by atoms with Gasteiger partial charge in [0.05, 0.1) is 38.3 Å². The van der Waals surface area contributed by atoms with Gasteiger partial charge in [0.2, 0.25) is 15.8 Å². The van der Waals surface area contributed by atoms with E-state index in [1.165, 1.54) is 9.10 Å². The van der Waals surface area contributed by atoms with Gasteiger partial charge < -0.3 is 33.5 Å². The van der Waals surface area contributed by atoms with Crippen molar-refractivity contribution >= 4 is 22.2 Å². The van der Waals surface area contributed by atoms with Crippen molar-refractivity contribution in [3.8, 4) is 39.8 Å². The van der Waals surface area contributed by atoms with Crippen molar-refractivity contribution in [1.29, 1.82) is 0 Å². The summed E-state index contributed by atoms with van der Waals surface area (Å²) in [5, 5.41) is 14.1. The smallest absolute Gasteiger partial charge is 0.410 e. The first-order valence-corrected chi connectivity index (χ1v) is 27.0. The molecule has 6 aromatic carbocycles. The van der Waals surface area contributed by atoms with Crippen LogP contribution >= 0.6 is 0 Å². The zero-order valence-corrected chi connectivity index (χ0v) is 44.7. The molecule has 3 heterocycles. The number of piperidine rings is 1. The van der Waals surface area contributed by atoms with E-state index in [1.807, 2.05) is 160 Å². The van der Waals surface area contributed by atoms with Gasteiger partial charge in [0.15, 0.2) is 0 Å². The van der Waals surface area contributed by atoms with E-state index in [9.17, 15) is 9.59 Å². The molecule has 0 unspecified atom stereocenters. The second-order valence-electron chi connectivity index (χ2n) is 20.3. The van der Waals surface area contributed by atoms with Crippen LogP contribution in [-0.4, -0.2) is 108 Å². The first-order valence-electron chi connectivity index (χ1n) is 25.5. The Morgan fingerprint density at radius 1 is 0.658 bits per heavy atom. The predicted octanol–water partition coefficient (Wildman–Crippen LogP) is 10.4. The number of aromatic nitrogens is 4. The van der Waals surface area contributed by atoms with Crippen LogP contribution in [0.25, 0.3) is 22.5 Å². The number of likely N-dealkylation sites (tertiary alicyclic amines) is 2. The maximum atomic E-state index is 16.3. The molecule has 0 atom stereocenters. The van der Waals surface area contributed by atoms with Crippen molar-refractivity contribution in [3.63, 3.8) is 0 Å². The lowest BCUT2D eigenvalue weighted by Crippen LogP contribution is -2.50. The molecule has 76 heavy (non-hydrogen) atoms. The standard InChI is InChI=1S/C59H65N7O9S/c1-59(2,3)75-58(68)64-38-49(39-64)46-18-20-47(21-19-46)53-29-22-48(34-41-30-32-63(33-31-41)57(67)74-40-45-10-8-7-9-11-45)55(54(53)56-60-62-66(61-56)37-44-16-27-52(73-6)28-17-44)76(69,70)65(35-42-12-23-50(71-4)24-13-42)36-43-14-25-51(72-5)26-15-43/h7-29,41,49H,30-40H2,1-6H3. The number of carbonyl (C=O) groups excluding carboxylic acids is 2. The lowest BCUT2D eigenvalue weighted by Gasteiger charge is -2.40. The van der Waals surface area contributed by atoms with Gasteiger partial charge in [-0.25, -0.2) is 18.0 Å². The van der Waals surface area contributed by atoms with E-state index < -0.39 is 15.6 Å². The highest BCUT2D eigenvalue weighted by Gasteiger charge is 2.37. The maximum absolute atomic E-state index is 16.3. The van der Waals surface area contributed by atoms with E-state index in [2.05, 4.69) is 10.3 Å². The first kappa shape index (κ1) is 53.1. The average molecular weight is 1050 g/mol. The van der Waals surface area contributed by atoms with Crippen LogP contribution in [0.5, 0.6) is 17.2 Å². The van der Waals surface area contributed by atoms with E-state index in [0.29, 0.717) is 79.4 Å². The molecule has 2 fully saturated rings. The topological polar surface area (TPSA) is 168 Å². The summed E-state index contributed by atoms with van der Waals surface area (Å²) in [5.74, 6) is 2.26. The van der Waals surface area contributed by atoms with Crippen molar-refractivity contribution in [2.45, 2.75) is 82.7 Å². The summed E-state index contributed by atoms with van der Waals surface area (Å²) in [6.45, 7) is 8.00. The largest absolute Gasteiger partial charge is 0.497 e. The number of hydrogen-bond donors (Lipinski definition) is 0. The second-order valence-corrected chi connectivity index (χ2v) is 22.2. The minimum atomic E-state index is -4.47. The number of amides is 2. The fourth-order valence-corrected chi connectivity index (χ4v) is 11.5. The van der Waals surface area contributed by atoms with Crippen molar-refractivity contribution in [3.05, 3.63) is 173 Å². The van der Waals surface area contributed by atoms with Gasteiger partial charge >= 0.3 is 12.2 Å². The van der Waals surface area contributed by atoms with E-state index >= 15 is 8.42 Å². The van der Waals surface area contributed by atoms with Crippen LogP contribution in [0.1, 0.15) is 72.9 Å². The molecule has 0 spiro atoms. The molecule has 0 N–H and O–H groups in total. The molecular formula is C59H65N7O9S. The summed E-state index contributed by atoms with van der Waals surface area (Å²) in [6, 6.07) is 43.8. The van der Waals surface area contributed by atoms with Gasteiger partial charge in [0, 0.05) is 45.2 Å². The summed E-state index contributed by atoms with van der Waals surface area (Å²) in [6.07, 6.45) is 0.928. The number of tetrazole rings is 1. The molecule has 9 rings (SSSR count). The Hall–Kier alpha value is -7.76. The van der Waals surface area contributed by atoms with Gasteiger partial charge in [-0.15, -0.1) is 10.2 Å². The Morgan fingerprint density at radius 2 is 1.22 bits per heavy atom. The number of carbonyl (C=O) groups is 2. The van der Waals surface area contributed by atoms with Crippen LogP contribution < -0.4 is 14.2 Å². The van der Waals surface area contributed by atoms with Crippen LogP contribution in [0.3, 0.4) is 0 Å². The monoisotopic (exact) mass is 1050 g/mol. The minimum Gasteiger partial charge on any atom is -0.497 e. The van der Waals surface area contributed by atoms with E-state index in [1.54, 1.807) is 31.1 Å². The Bertz CT molecular complexity index is 3140. The zero-order valence-electron chi connectivity index (χ0n) is 43.9. The lowest BCUT2D eigenvalue weighted by molar-refractivity contribution is 0.00817. The molecule has 16 nitrogen and oxygen atoms in total. The number of hydrogen-bond acceptors (Lipinski definition) is 12. The summed E-state index contributed by atoms with van der Waals surface area (Å²) >= 11 is 0. The van der Waals surface area contributed by atoms with E-state index in [4.69, 9.17) is 28.8 Å². The van der Waals surface area contributed by atoms with E-state index in [0.717, 1.165) is 33.4 Å². The SMILES string of the molecule is COc1ccc(CN(Cc2ccc(OC)cc2)S(=O)(=O)c2c(CC3CCN(C(=O)OCc4ccccc4)CC3)ccc(-c3ccc(C4CN(C(=O)OC(C)(C)C)C4)cc3)c2-c2nnn(Cc3ccc(OC)cc3)n2)cc1. The van der Waals surface area contributed by atoms with Crippen LogP contribution in [0, 0.1) is 5.92 Å². The molecule has 2 aliphatic rings. The molecule has 1 aromatic heterocycles. The third-order valence-corrected chi connectivity index (χ3v) is 15.8. The molecule has 0 aliphatic carbocycles. The molecule has 0 radical (unpaired) electrons. The molecule has 17 heteroatoms. The fraction of sp³-hybridized carbons (Fsp3) is 0.339. The normalized spacial score (nSPS) is 14.3. The Labute approximate surface area is 445 Å². The number of benzene rings is 6. The van der Waals surface area contributed by atoms with Gasteiger partial charge in [-0.05, 0) is 132 Å². The molecule has 0 saturated carbocycles. The van der Waals surface area contributed by atoms with Gasteiger partial charge in [-0.2, -0.15) is 9.10 Å². The molecule has 7 aromatic rings. The number of rotatable bonds is 18. The number of methoxy groups -OCH3 is 3. The molecule has 396 valence electrons. The minimum absolute atomic E-state index is 0.0168. The van der Waals surface area contributed by atoms with Gasteiger partial charge in [0.25, 0.3) is 0 Å². The highest BCUT2D eigenvalue weighted by atomic mass is 32.2. The van der Waals surface area contributed by atoms with Crippen LogP contribution in [0.15, 0.2) is 144 Å². The summed E-state index contributed by atoms with van der Waals surface area (Å²) in [5.41, 5.74) is 6.01.